The fourth-order valence-electron chi connectivity index (χ4n) is 3.47. The van der Waals surface area contributed by atoms with Crippen LogP contribution in [0, 0.1) is 5.92 Å². The molecular formula is C18H26O4. The summed E-state index contributed by atoms with van der Waals surface area (Å²) in [5, 5.41) is 0. The molecule has 0 radical (unpaired) electrons. The highest BCUT2D eigenvalue weighted by atomic mass is 16.8. The Bertz CT molecular complexity index is 477. The molecule has 2 fully saturated rings. The lowest BCUT2D eigenvalue weighted by molar-refractivity contribution is -0.296. The lowest BCUT2D eigenvalue weighted by Gasteiger charge is -2.44. The van der Waals surface area contributed by atoms with Crippen molar-refractivity contribution < 1.29 is 18.9 Å². The number of ether oxygens (including phenoxy) is 4. The van der Waals surface area contributed by atoms with E-state index in [1.165, 1.54) is 5.56 Å². The Morgan fingerprint density at radius 3 is 2.77 bits per heavy atom. The Labute approximate surface area is 132 Å². The summed E-state index contributed by atoms with van der Waals surface area (Å²) >= 11 is 0. The molecular weight excluding hydrogens is 280 g/mol. The van der Waals surface area contributed by atoms with Crippen LogP contribution < -0.4 is 0 Å². The quantitative estimate of drug-likeness (QED) is 0.809. The molecule has 1 aromatic carbocycles. The Balaban J connectivity index is 1.67. The SMILES string of the molecule is CCC(C)C12OC[C@@H](O1)[C@@H](OCc1ccccc1)C[C@H]2OC. The summed E-state index contributed by atoms with van der Waals surface area (Å²) in [7, 11) is 1.73. The predicted octanol–water partition coefficient (Wildman–Crippen LogP) is 3.15. The van der Waals surface area contributed by atoms with Crippen molar-refractivity contribution in [3.05, 3.63) is 35.9 Å². The molecule has 0 saturated carbocycles. The van der Waals surface area contributed by atoms with Gasteiger partial charge in [0.25, 0.3) is 0 Å². The van der Waals surface area contributed by atoms with E-state index in [9.17, 15) is 0 Å². The van der Waals surface area contributed by atoms with Gasteiger partial charge in [-0.15, -0.1) is 0 Å². The summed E-state index contributed by atoms with van der Waals surface area (Å²) in [6.45, 7) is 5.51. The van der Waals surface area contributed by atoms with Gasteiger partial charge in [0.2, 0.25) is 0 Å². The minimum absolute atomic E-state index is 0.00381. The molecule has 2 saturated heterocycles. The fourth-order valence-corrected chi connectivity index (χ4v) is 3.47. The van der Waals surface area contributed by atoms with E-state index in [-0.39, 0.29) is 18.3 Å². The number of benzene rings is 1. The van der Waals surface area contributed by atoms with Crippen LogP contribution in [0.3, 0.4) is 0 Å². The van der Waals surface area contributed by atoms with E-state index in [2.05, 4.69) is 26.0 Å². The lowest BCUT2D eigenvalue weighted by Crippen LogP contribution is -2.56. The van der Waals surface area contributed by atoms with Gasteiger partial charge in [0.05, 0.1) is 19.3 Å². The Kier molecular flexibility index (Phi) is 4.83. The van der Waals surface area contributed by atoms with E-state index >= 15 is 0 Å². The second kappa shape index (κ2) is 6.67. The lowest BCUT2D eigenvalue weighted by atomic mass is 9.87. The average Bonchev–Trinajstić information content (AvgIpc) is 2.96. The van der Waals surface area contributed by atoms with Crippen LogP contribution in [0.25, 0.3) is 0 Å². The van der Waals surface area contributed by atoms with Crippen LogP contribution in [0.5, 0.6) is 0 Å². The molecule has 0 spiro atoms. The molecule has 2 heterocycles. The minimum Gasteiger partial charge on any atom is -0.376 e. The molecule has 4 nitrogen and oxygen atoms in total. The molecule has 4 heteroatoms. The summed E-state index contributed by atoms with van der Waals surface area (Å²) in [6.07, 6.45) is 1.76. The van der Waals surface area contributed by atoms with Crippen LogP contribution in [0.1, 0.15) is 32.3 Å². The topological polar surface area (TPSA) is 36.9 Å². The molecule has 22 heavy (non-hydrogen) atoms. The zero-order chi connectivity index (χ0) is 15.6. The third-order valence-corrected chi connectivity index (χ3v) is 5.01. The van der Waals surface area contributed by atoms with Crippen LogP contribution in [-0.2, 0) is 25.6 Å². The maximum Gasteiger partial charge on any atom is 0.197 e. The molecule has 0 amide bonds. The highest BCUT2D eigenvalue weighted by Crippen LogP contribution is 2.45. The van der Waals surface area contributed by atoms with E-state index in [4.69, 9.17) is 18.9 Å². The largest absolute Gasteiger partial charge is 0.376 e. The first-order valence-corrected chi connectivity index (χ1v) is 8.19. The smallest absolute Gasteiger partial charge is 0.197 e. The first-order valence-electron chi connectivity index (χ1n) is 8.19. The van der Waals surface area contributed by atoms with Gasteiger partial charge < -0.3 is 18.9 Å². The third kappa shape index (κ3) is 2.81. The van der Waals surface area contributed by atoms with Gasteiger partial charge >= 0.3 is 0 Å². The standard InChI is InChI=1S/C18H26O4/c1-4-13(2)18-17(19-3)10-15(16(22-18)12-21-18)20-11-14-8-6-5-7-9-14/h5-9,13,15-17H,4,10-12H2,1-3H3/t13?,15-,16+,17+,18?/m0/s1. The molecule has 2 bridgehead atoms. The Morgan fingerprint density at radius 2 is 2.09 bits per heavy atom. The summed E-state index contributed by atoms with van der Waals surface area (Å²) in [6, 6.07) is 10.2. The molecule has 1 aromatic rings. The van der Waals surface area contributed by atoms with Crippen molar-refractivity contribution in [3.8, 4) is 0 Å². The van der Waals surface area contributed by atoms with E-state index in [1.807, 2.05) is 18.2 Å². The number of fused-ring (bicyclic) bond motifs is 2. The third-order valence-electron chi connectivity index (χ3n) is 5.01. The summed E-state index contributed by atoms with van der Waals surface area (Å²) < 4.78 is 24.2. The fraction of sp³-hybridized carbons (Fsp3) is 0.667. The maximum absolute atomic E-state index is 6.27. The van der Waals surface area contributed by atoms with E-state index in [1.54, 1.807) is 7.11 Å². The summed E-state index contributed by atoms with van der Waals surface area (Å²) in [4.78, 5) is 0. The zero-order valence-corrected chi connectivity index (χ0v) is 13.7. The highest BCUT2D eigenvalue weighted by Gasteiger charge is 2.58. The van der Waals surface area contributed by atoms with Gasteiger partial charge in [0.1, 0.15) is 12.2 Å². The monoisotopic (exact) mass is 306 g/mol. The first-order chi connectivity index (χ1) is 10.7. The number of hydrogen-bond acceptors (Lipinski definition) is 4. The van der Waals surface area contributed by atoms with Gasteiger partial charge in [-0.05, 0) is 12.0 Å². The molecule has 2 unspecified atom stereocenters. The average molecular weight is 306 g/mol. The maximum atomic E-state index is 6.27. The van der Waals surface area contributed by atoms with Crippen LogP contribution >= 0.6 is 0 Å². The minimum atomic E-state index is -0.596. The van der Waals surface area contributed by atoms with Gasteiger partial charge in [0.15, 0.2) is 5.79 Å². The first kappa shape index (κ1) is 15.9. The van der Waals surface area contributed by atoms with Crippen molar-refractivity contribution in [3.63, 3.8) is 0 Å². The van der Waals surface area contributed by atoms with E-state index < -0.39 is 5.79 Å². The van der Waals surface area contributed by atoms with Gasteiger partial charge in [-0.25, -0.2) is 0 Å². The number of rotatable bonds is 6. The zero-order valence-electron chi connectivity index (χ0n) is 13.7. The molecule has 2 aliphatic rings. The summed E-state index contributed by atoms with van der Waals surface area (Å²) in [5.41, 5.74) is 1.18. The Hall–Kier alpha value is -0.940. The molecule has 0 N–H and O–H groups in total. The van der Waals surface area contributed by atoms with Gasteiger partial charge in [-0.1, -0.05) is 44.2 Å². The van der Waals surface area contributed by atoms with Crippen LogP contribution in [-0.4, -0.2) is 37.8 Å². The van der Waals surface area contributed by atoms with Crippen molar-refractivity contribution >= 4 is 0 Å². The molecule has 2 aliphatic heterocycles. The van der Waals surface area contributed by atoms with Crippen LogP contribution in [0.4, 0.5) is 0 Å². The molecule has 0 aliphatic carbocycles. The Morgan fingerprint density at radius 1 is 1.32 bits per heavy atom. The molecule has 122 valence electrons. The van der Waals surface area contributed by atoms with Gasteiger partial charge in [-0.3, -0.25) is 0 Å². The van der Waals surface area contributed by atoms with Crippen LogP contribution in [0.15, 0.2) is 30.3 Å². The highest BCUT2D eigenvalue weighted by molar-refractivity contribution is 5.13. The van der Waals surface area contributed by atoms with Crippen molar-refractivity contribution in [2.45, 2.75) is 57.4 Å². The molecule has 3 rings (SSSR count). The van der Waals surface area contributed by atoms with Gasteiger partial charge in [-0.2, -0.15) is 0 Å². The number of methoxy groups -OCH3 is 1. The van der Waals surface area contributed by atoms with E-state index in [0.717, 1.165) is 12.8 Å². The van der Waals surface area contributed by atoms with Crippen molar-refractivity contribution in [2.75, 3.05) is 13.7 Å². The van der Waals surface area contributed by atoms with Crippen molar-refractivity contribution in [1.82, 2.24) is 0 Å². The van der Waals surface area contributed by atoms with Gasteiger partial charge in [0, 0.05) is 19.4 Å². The van der Waals surface area contributed by atoms with Crippen molar-refractivity contribution in [1.29, 1.82) is 0 Å². The second-order valence-electron chi connectivity index (χ2n) is 6.29. The predicted molar refractivity (Wildman–Crippen MR) is 83.4 cm³/mol. The second-order valence-corrected chi connectivity index (χ2v) is 6.29. The molecule has 0 aromatic heterocycles. The van der Waals surface area contributed by atoms with Crippen molar-refractivity contribution in [2.24, 2.45) is 5.92 Å². The number of hydrogen-bond donors (Lipinski definition) is 0. The normalized spacial score (nSPS) is 35.5. The van der Waals surface area contributed by atoms with E-state index in [0.29, 0.717) is 19.1 Å². The van der Waals surface area contributed by atoms with Crippen LogP contribution in [0.2, 0.25) is 0 Å². The molecule has 5 atom stereocenters. The summed E-state index contributed by atoms with van der Waals surface area (Å²) in [5.74, 6) is -0.293.